The molecule has 0 bridgehead atoms. The van der Waals surface area contributed by atoms with Crippen molar-refractivity contribution in [2.45, 2.75) is 32.6 Å². The van der Waals surface area contributed by atoms with Gasteiger partial charge < -0.3 is 15.5 Å². The number of aromatic nitrogens is 1. The molecule has 1 aliphatic heterocycles. The second-order valence-corrected chi connectivity index (χ2v) is 6.01. The van der Waals surface area contributed by atoms with E-state index in [-0.39, 0.29) is 5.92 Å². The zero-order valence-corrected chi connectivity index (χ0v) is 14.9. The van der Waals surface area contributed by atoms with Gasteiger partial charge in [-0.05, 0) is 44.7 Å². The molecule has 1 aromatic heterocycles. The zero-order valence-electron chi connectivity index (χ0n) is 14.9. The number of hydrogen-bond donors (Lipinski definition) is 3. The van der Waals surface area contributed by atoms with Crippen molar-refractivity contribution < 1.29 is 9.53 Å². The molecule has 0 spiro atoms. The molecule has 3 rings (SSSR count). The topological polar surface area (TPSA) is 110 Å². The molecule has 0 amide bonds. The van der Waals surface area contributed by atoms with Crippen molar-refractivity contribution in [1.82, 2.24) is 9.99 Å². The number of carbonyl (C=O) groups excluding carboxylic acids is 1. The van der Waals surface area contributed by atoms with Crippen LogP contribution in [0.3, 0.4) is 0 Å². The first kappa shape index (κ1) is 19.0. The monoisotopic (exact) mass is 345 g/mol. The summed E-state index contributed by atoms with van der Waals surface area (Å²) in [6, 6.07) is 1.94. The van der Waals surface area contributed by atoms with Gasteiger partial charge in [-0.2, -0.15) is 0 Å². The summed E-state index contributed by atoms with van der Waals surface area (Å²) in [7, 11) is 1.68. The molecule has 1 saturated carbocycles. The van der Waals surface area contributed by atoms with E-state index in [1.54, 1.807) is 19.5 Å². The summed E-state index contributed by atoms with van der Waals surface area (Å²) >= 11 is 0. The Bertz CT molecular complexity index is 663. The summed E-state index contributed by atoms with van der Waals surface area (Å²) in [4.78, 5) is 17.8. The fourth-order valence-electron chi connectivity index (χ4n) is 3.04. The van der Waals surface area contributed by atoms with Crippen molar-refractivity contribution >= 4 is 24.1 Å². The molecular weight excluding hydrogens is 318 g/mol. The summed E-state index contributed by atoms with van der Waals surface area (Å²) < 4.78 is 4.54. The van der Waals surface area contributed by atoms with Gasteiger partial charge in [0.15, 0.2) is 0 Å². The Morgan fingerprint density at radius 1 is 1.48 bits per heavy atom. The number of aromatic amines is 1. The molecule has 0 atom stereocenters. The minimum absolute atomic E-state index is 0.282. The summed E-state index contributed by atoms with van der Waals surface area (Å²) in [5.41, 5.74) is 10.2. The highest BCUT2D eigenvalue weighted by Gasteiger charge is 2.26. The molecule has 1 aliphatic carbocycles. The maximum Gasteiger partial charge on any atom is 0.142 e. The van der Waals surface area contributed by atoms with Crippen LogP contribution in [-0.2, 0) is 9.53 Å². The van der Waals surface area contributed by atoms with Crippen molar-refractivity contribution in [3.63, 3.8) is 0 Å². The van der Waals surface area contributed by atoms with Crippen LogP contribution < -0.4 is 11.6 Å². The fourth-order valence-corrected chi connectivity index (χ4v) is 3.04. The fraction of sp³-hybridized carbons (Fsp3) is 0.444. The molecule has 5 N–H and O–H groups in total. The van der Waals surface area contributed by atoms with Crippen LogP contribution in [-0.4, -0.2) is 36.3 Å². The lowest BCUT2D eigenvalue weighted by Crippen LogP contribution is -2.33. The molecule has 136 valence electrons. The predicted octanol–water partition coefficient (Wildman–Crippen LogP) is 2.46. The van der Waals surface area contributed by atoms with E-state index in [4.69, 9.17) is 11.6 Å². The van der Waals surface area contributed by atoms with Crippen LogP contribution >= 0.6 is 0 Å². The molecule has 2 aliphatic rings. The molecule has 25 heavy (non-hydrogen) atoms. The van der Waals surface area contributed by atoms with E-state index in [9.17, 15) is 4.79 Å². The molecule has 0 saturated heterocycles. The van der Waals surface area contributed by atoms with Crippen molar-refractivity contribution in [3.05, 3.63) is 35.2 Å². The van der Waals surface area contributed by atoms with Gasteiger partial charge in [-0.1, -0.05) is 5.57 Å². The number of carbonyl (C=O) groups is 1. The maximum absolute atomic E-state index is 10.5. The van der Waals surface area contributed by atoms with Crippen LogP contribution in [0.25, 0.3) is 5.70 Å². The molecule has 7 nitrogen and oxygen atoms in total. The number of nitrogens with one attached hydrogen (secondary N) is 1. The van der Waals surface area contributed by atoms with E-state index in [2.05, 4.69) is 14.7 Å². The van der Waals surface area contributed by atoms with Crippen LogP contribution in [0.1, 0.15) is 38.2 Å². The van der Waals surface area contributed by atoms with Crippen molar-refractivity contribution in [3.8, 4) is 0 Å². The SMILES string of the molecule is CCOC.N/C(=C1/c2cc[nH]c2N=CN1N)C1CCC(=CC=O)CC1. The van der Waals surface area contributed by atoms with Gasteiger partial charge in [0, 0.05) is 37.1 Å². The van der Waals surface area contributed by atoms with Gasteiger partial charge in [-0.15, -0.1) is 0 Å². The van der Waals surface area contributed by atoms with Crippen molar-refractivity contribution in [2.24, 2.45) is 22.5 Å². The molecular formula is C18H27N5O2. The number of hydrazine groups is 1. The number of hydrogen-bond acceptors (Lipinski definition) is 6. The highest BCUT2D eigenvalue weighted by Crippen LogP contribution is 2.37. The number of allylic oxidation sites excluding steroid dienone is 3. The highest BCUT2D eigenvalue weighted by molar-refractivity contribution is 5.86. The Labute approximate surface area is 148 Å². The Morgan fingerprint density at radius 3 is 2.76 bits per heavy atom. The minimum atomic E-state index is 0.282. The number of aldehydes is 1. The maximum atomic E-state index is 10.5. The third-order valence-corrected chi connectivity index (χ3v) is 4.48. The first-order valence-electron chi connectivity index (χ1n) is 8.50. The smallest absolute Gasteiger partial charge is 0.142 e. The van der Waals surface area contributed by atoms with E-state index in [1.165, 1.54) is 10.6 Å². The van der Waals surface area contributed by atoms with Gasteiger partial charge in [0.25, 0.3) is 0 Å². The first-order chi connectivity index (χ1) is 12.1. The number of aliphatic imine (C=N–C) groups is 1. The van der Waals surface area contributed by atoms with Crippen LogP contribution in [0.4, 0.5) is 5.82 Å². The van der Waals surface area contributed by atoms with Gasteiger partial charge in [0.2, 0.25) is 0 Å². The van der Waals surface area contributed by atoms with Gasteiger partial charge in [0.1, 0.15) is 18.4 Å². The lowest BCUT2D eigenvalue weighted by Gasteiger charge is -2.29. The predicted molar refractivity (Wildman–Crippen MR) is 99.7 cm³/mol. The van der Waals surface area contributed by atoms with E-state index in [0.29, 0.717) is 0 Å². The molecule has 0 unspecified atom stereocenters. The standard InChI is InChI=1S/C15H19N5O.C3H8O/c16-13(11-3-1-10(2-4-11)6-8-21)14-12-5-7-18-15(12)19-9-20(14)17;1-3-4-2/h5-9,11,18H,1-4,16-17H2;3H2,1-2H3/b10-6?,14-13-;. The lowest BCUT2D eigenvalue weighted by molar-refractivity contribution is -0.104. The second-order valence-electron chi connectivity index (χ2n) is 6.01. The quantitative estimate of drug-likeness (QED) is 0.443. The number of H-pyrrole nitrogens is 1. The third-order valence-electron chi connectivity index (χ3n) is 4.48. The molecule has 1 fully saturated rings. The molecule has 0 aromatic carbocycles. The summed E-state index contributed by atoms with van der Waals surface area (Å²) in [5.74, 6) is 7.08. The number of methoxy groups -OCH3 is 1. The number of nitrogens with zero attached hydrogens (tertiary/aromatic N) is 2. The van der Waals surface area contributed by atoms with Crippen molar-refractivity contribution in [2.75, 3.05) is 13.7 Å². The Kier molecular flexibility index (Phi) is 6.97. The Balaban J connectivity index is 0.000000511. The molecule has 1 aromatic rings. The normalized spacial score (nSPS) is 21.2. The summed E-state index contributed by atoms with van der Waals surface area (Å²) in [6.07, 6.45) is 9.66. The average Bonchev–Trinajstić information content (AvgIpc) is 3.11. The summed E-state index contributed by atoms with van der Waals surface area (Å²) in [5, 5.41) is 1.49. The molecule has 7 heteroatoms. The largest absolute Gasteiger partial charge is 0.400 e. The molecule has 2 heterocycles. The van der Waals surface area contributed by atoms with E-state index in [1.807, 2.05) is 19.2 Å². The highest BCUT2D eigenvalue weighted by atomic mass is 16.5. The molecule has 0 radical (unpaired) electrons. The van der Waals surface area contributed by atoms with Crippen LogP contribution in [0.5, 0.6) is 0 Å². The average molecular weight is 345 g/mol. The van der Waals surface area contributed by atoms with Crippen molar-refractivity contribution in [1.29, 1.82) is 0 Å². The van der Waals surface area contributed by atoms with Crippen LogP contribution in [0, 0.1) is 5.92 Å². The van der Waals surface area contributed by atoms with Gasteiger partial charge >= 0.3 is 0 Å². The minimum Gasteiger partial charge on any atom is -0.400 e. The zero-order chi connectivity index (χ0) is 18.2. The third kappa shape index (κ3) is 4.58. The van der Waals surface area contributed by atoms with Crippen LogP contribution in [0.2, 0.25) is 0 Å². The van der Waals surface area contributed by atoms with Gasteiger partial charge in [-0.3, -0.25) is 9.80 Å². The lowest BCUT2D eigenvalue weighted by atomic mass is 9.83. The number of fused-ring (bicyclic) bond motifs is 1. The first-order valence-corrected chi connectivity index (χ1v) is 8.50. The summed E-state index contributed by atoms with van der Waals surface area (Å²) in [6.45, 7) is 2.78. The van der Waals surface area contributed by atoms with E-state index >= 15 is 0 Å². The van der Waals surface area contributed by atoms with E-state index < -0.39 is 0 Å². The van der Waals surface area contributed by atoms with E-state index in [0.717, 1.165) is 61.4 Å². The number of ether oxygens (including phenoxy) is 1. The number of nitrogens with two attached hydrogens (primary N) is 2. The second kappa shape index (κ2) is 9.19. The Morgan fingerprint density at radius 2 is 2.16 bits per heavy atom. The Hall–Kier alpha value is -2.38. The van der Waals surface area contributed by atoms with Gasteiger partial charge in [-0.25, -0.2) is 10.8 Å². The van der Waals surface area contributed by atoms with Gasteiger partial charge in [0.05, 0.1) is 5.70 Å². The number of rotatable bonds is 3. The van der Waals surface area contributed by atoms with Crippen LogP contribution in [0.15, 0.2) is 34.6 Å².